The van der Waals surface area contributed by atoms with Gasteiger partial charge in [-0.3, -0.25) is 0 Å². The van der Waals surface area contributed by atoms with E-state index >= 15 is 0 Å². The minimum atomic E-state index is 0. The normalized spacial score (nSPS) is 14.5. The average Bonchev–Trinajstić information content (AvgIpc) is 1.62. The van der Waals surface area contributed by atoms with Gasteiger partial charge in [-0.25, -0.2) is 0 Å². The van der Waals surface area contributed by atoms with Crippen molar-refractivity contribution in [1.82, 2.24) is 0 Å². The van der Waals surface area contributed by atoms with Crippen molar-refractivity contribution in [2.75, 3.05) is 0 Å². The van der Waals surface area contributed by atoms with E-state index in [1.165, 1.54) is 25.7 Å². The zero-order chi connectivity index (χ0) is 5.66. The fourth-order valence-corrected chi connectivity index (χ4v) is 0.856. The van der Waals surface area contributed by atoms with Crippen LogP contribution < -0.4 is 0 Å². The van der Waals surface area contributed by atoms with E-state index in [4.69, 9.17) is 0 Å². The van der Waals surface area contributed by atoms with Crippen molar-refractivity contribution < 1.29 is 21.1 Å². The predicted octanol–water partition coefficient (Wildman–Crippen LogP) is 3.57. The Hall–Kier alpha value is 0.168. The van der Waals surface area contributed by atoms with Crippen LogP contribution in [0.5, 0.6) is 0 Å². The summed E-state index contributed by atoms with van der Waals surface area (Å²) in [6.45, 7) is 0. The Balaban J connectivity index is -0.000000213. The fourth-order valence-electron chi connectivity index (χ4n) is 0.856. The van der Waals surface area contributed by atoms with Crippen LogP contribution in [0.1, 0.15) is 25.7 Å². The van der Waals surface area contributed by atoms with E-state index in [-0.39, 0.29) is 35.9 Å². The number of rotatable bonds is 0. The van der Waals surface area contributed by atoms with E-state index in [0.29, 0.717) is 0 Å². The number of hydrogen-bond acceptors (Lipinski definition) is 0. The van der Waals surface area contributed by atoms with Crippen LogP contribution in [-0.4, -0.2) is 0 Å². The van der Waals surface area contributed by atoms with Crippen molar-refractivity contribution in [2.45, 2.75) is 25.7 Å². The molecule has 0 atom stereocenters. The summed E-state index contributed by atoms with van der Waals surface area (Å²) in [7, 11) is 0. The Morgan fingerprint density at radius 1 is 0.545 bits per heavy atom. The van der Waals surface area contributed by atoms with Crippen LogP contribution in [0.3, 0.4) is 0 Å². The van der Waals surface area contributed by atoms with E-state index in [0.717, 1.165) is 0 Å². The summed E-state index contributed by atoms with van der Waals surface area (Å²) in [5.74, 6) is 0. The molecule has 0 aromatic heterocycles. The molecule has 0 nitrogen and oxygen atoms in total. The maximum absolute atomic E-state index is 2.27. The summed E-state index contributed by atoms with van der Waals surface area (Å²) in [5, 5.41) is 0. The molecule has 0 unspecified atom stereocenters. The second kappa shape index (κ2) is 12.8. The van der Waals surface area contributed by atoms with Crippen molar-refractivity contribution in [3.8, 4) is 0 Å². The van der Waals surface area contributed by atoms with Crippen LogP contribution in [0.4, 0.5) is 0 Å². The first-order chi connectivity index (χ1) is 4.00. The molecule has 0 amide bonds. The van der Waals surface area contributed by atoms with Gasteiger partial charge in [0, 0.05) is 0 Å². The van der Waals surface area contributed by atoms with E-state index in [2.05, 4.69) is 24.3 Å². The van der Waals surface area contributed by atoms with Gasteiger partial charge >= 0.3 is 21.1 Å². The summed E-state index contributed by atoms with van der Waals surface area (Å²) >= 11 is 0. The molecule has 0 saturated carbocycles. The topological polar surface area (TPSA) is 0 Å². The number of hydrogen-bond donors (Lipinski definition) is 0. The zero-order valence-corrected chi connectivity index (χ0v) is 9.73. The molecule has 0 heterocycles. The third-order valence-corrected chi connectivity index (χ3v) is 1.33. The summed E-state index contributed by atoms with van der Waals surface area (Å²) in [6, 6.07) is 0. The molecule has 1 aliphatic rings. The first kappa shape index (κ1) is 17.3. The smallest absolute Gasteiger partial charge is 0.358 e. The van der Waals surface area contributed by atoms with Crippen molar-refractivity contribution in [3.63, 3.8) is 0 Å². The van der Waals surface area contributed by atoms with Gasteiger partial charge in [-0.1, -0.05) is 24.3 Å². The monoisotopic (exact) mass is 333 g/mol. The van der Waals surface area contributed by atoms with Crippen molar-refractivity contribution in [2.24, 2.45) is 0 Å². The van der Waals surface area contributed by atoms with Crippen LogP contribution in [0.2, 0.25) is 0 Å². The molecule has 0 spiro atoms. The minimum Gasteiger partial charge on any atom is -0.358 e. The molecule has 1 aliphatic carbocycles. The zero-order valence-electron chi connectivity index (χ0n) is 7.45. The Bertz CT molecular complexity index is 77.4. The van der Waals surface area contributed by atoms with Crippen LogP contribution in [0.25, 0.3) is 0 Å². The van der Waals surface area contributed by atoms with Gasteiger partial charge in [-0.2, -0.15) is 0 Å². The third-order valence-electron chi connectivity index (χ3n) is 1.33. The van der Waals surface area contributed by atoms with Crippen LogP contribution >= 0.6 is 0 Å². The Kier molecular flexibility index (Phi) is 20.2. The van der Waals surface area contributed by atoms with Crippen molar-refractivity contribution in [3.05, 3.63) is 39.2 Å². The van der Waals surface area contributed by atoms with Gasteiger partial charge in [-0.05, 0) is 25.7 Å². The first-order valence-corrected chi connectivity index (χ1v) is 3.30. The molecule has 0 bridgehead atoms. The van der Waals surface area contributed by atoms with E-state index in [1.807, 2.05) is 0 Å². The van der Waals surface area contributed by atoms with Gasteiger partial charge in [0.05, 0.1) is 0 Å². The van der Waals surface area contributed by atoms with Crippen LogP contribution in [0, 0.1) is 14.9 Å². The van der Waals surface area contributed by atoms with Gasteiger partial charge in [-0.15, -0.1) is 0 Å². The van der Waals surface area contributed by atoms with Gasteiger partial charge < -0.3 is 14.9 Å². The summed E-state index contributed by atoms with van der Waals surface area (Å²) in [5.41, 5.74) is 0. The number of allylic oxidation sites excluding steroid dienone is 4. The molecule has 0 aromatic rings. The molecule has 1 heteroatoms. The van der Waals surface area contributed by atoms with Crippen molar-refractivity contribution in [1.29, 1.82) is 0 Å². The van der Waals surface area contributed by atoms with Crippen LogP contribution in [0.15, 0.2) is 24.3 Å². The van der Waals surface area contributed by atoms with Gasteiger partial charge in [0.25, 0.3) is 0 Å². The average molecular weight is 333 g/mol. The van der Waals surface area contributed by atoms with E-state index in [1.54, 1.807) is 0 Å². The van der Waals surface area contributed by atoms with E-state index in [9.17, 15) is 0 Å². The van der Waals surface area contributed by atoms with Crippen LogP contribution in [-0.2, 0) is 21.1 Å². The van der Waals surface area contributed by atoms with Gasteiger partial charge in [0.1, 0.15) is 0 Å². The summed E-state index contributed by atoms with van der Waals surface area (Å²) < 4.78 is 0. The molecular formula is C10H18Pt. The Morgan fingerprint density at radius 2 is 0.727 bits per heavy atom. The standard InChI is InChI=1S/C8H12.2CH3.Pt/c1-2-4-6-8-7-5-3-1;;;/h1-2,7-8H,3-6H2;2*1H3;/q;2*-1;+2. The maximum atomic E-state index is 2.27. The van der Waals surface area contributed by atoms with E-state index < -0.39 is 0 Å². The summed E-state index contributed by atoms with van der Waals surface area (Å²) in [4.78, 5) is 0. The molecule has 0 aromatic carbocycles. The maximum Gasteiger partial charge on any atom is 2.00 e. The molecule has 0 N–H and O–H groups in total. The molecule has 0 saturated heterocycles. The molecule has 11 heavy (non-hydrogen) atoms. The Labute approximate surface area is 86.0 Å². The molecular weight excluding hydrogens is 315 g/mol. The molecule has 1 rings (SSSR count). The second-order valence-corrected chi connectivity index (χ2v) is 2.10. The quantitative estimate of drug-likeness (QED) is 0.470. The third kappa shape index (κ3) is 10.2. The van der Waals surface area contributed by atoms with Gasteiger partial charge in [0.15, 0.2) is 0 Å². The van der Waals surface area contributed by atoms with Crippen molar-refractivity contribution >= 4 is 0 Å². The minimum absolute atomic E-state index is 0. The molecule has 0 aliphatic heterocycles. The molecule has 0 fully saturated rings. The molecule has 0 radical (unpaired) electrons. The van der Waals surface area contributed by atoms with Gasteiger partial charge in [0.2, 0.25) is 0 Å². The second-order valence-electron chi connectivity index (χ2n) is 2.10. The molecule has 68 valence electrons. The largest absolute Gasteiger partial charge is 2.00 e. The Morgan fingerprint density at radius 3 is 0.909 bits per heavy atom. The first-order valence-electron chi connectivity index (χ1n) is 3.30. The predicted molar refractivity (Wildman–Crippen MR) is 49.6 cm³/mol. The fraction of sp³-hybridized carbons (Fsp3) is 0.400. The SMILES string of the molecule is C1=CCCC=CCC1.[CH3-].[CH3-].[Pt+2]. The summed E-state index contributed by atoms with van der Waals surface area (Å²) in [6.07, 6.45) is 14.0.